The number of fused-ring (bicyclic) bond motifs is 1. The van der Waals surface area contributed by atoms with Crippen molar-refractivity contribution in [3.8, 4) is 5.75 Å². The third-order valence-corrected chi connectivity index (χ3v) is 14.6. The van der Waals surface area contributed by atoms with Crippen molar-refractivity contribution < 1.29 is 19.4 Å². The summed E-state index contributed by atoms with van der Waals surface area (Å²) in [5.74, 6) is 0.0933. The van der Waals surface area contributed by atoms with Crippen LogP contribution in [0.4, 0.5) is 4.79 Å². The van der Waals surface area contributed by atoms with E-state index in [0.29, 0.717) is 40.9 Å². The van der Waals surface area contributed by atoms with E-state index < -0.39 is 20.2 Å². The summed E-state index contributed by atoms with van der Waals surface area (Å²) >= 11 is 0. The number of carboxylic acid groups (broad SMARTS) is 1. The summed E-state index contributed by atoms with van der Waals surface area (Å²) in [6.45, 7) is 16.5. The Labute approximate surface area is 198 Å². The van der Waals surface area contributed by atoms with Gasteiger partial charge in [-0.2, -0.15) is 0 Å². The van der Waals surface area contributed by atoms with Crippen molar-refractivity contribution in [1.82, 2.24) is 14.1 Å². The predicted octanol–water partition coefficient (Wildman–Crippen LogP) is 5.89. The van der Waals surface area contributed by atoms with Gasteiger partial charge in [-0.05, 0) is 41.2 Å². The number of carbonyl (C=O) groups is 2. The average molecular weight is 474 g/mol. The molecule has 1 fully saturated rings. The van der Waals surface area contributed by atoms with Crippen molar-refractivity contribution in [2.24, 2.45) is 11.8 Å². The van der Waals surface area contributed by atoms with E-state index in [2.05, 4.69) is 52.0 Å². The Bertz CT molecular complexity index is 1010. The predicted molar refractivity (Wildman–Crippen MR) is 134 cm³/mol. The number of nitrogens with zero attached hydrogens (tertiary/aromatic N) is 3. The van der Waals surface area contributed by atoms with Crippen LogP contribution in [0, 0.1) is 11.8 Å². The van der Waals surface area contributed by atoms with Gasteiger partial charge in [0.15, 0.2) is 14.0 Å². The van der Waals surface area contributed by atoms with Crippen molar-refractivity contribution in [3.63, 3.8) is 0 Å². The van der Waals surface area contributed by atoms with E-state index in [1.165, 1.54) is 4.90 Å². The van der Waals surface area contributed by atoms with E-state index in [9.17, 15) is 14.7 Å². The number of carbonyl (C=O) groups excluding carboxylic acids is 1. The number of hydrogen-bond acceptors (Lipinski definition) is 4. The topological polar surface area (TPSA) is 84.7 Å². The number of aromatic nitrogens is 2. The molecule has 3 rings (SSSR count). The Morgan fingerprint density at radius 1 is 1.15 bits per heavy atom. The van der Waals surface area contributed by atoms with E-state index in [0.717, 1.165) is 11.0 Å². The molecular weight excluding hydrogens is 434 g/mol. The average Bonchev–Trinajstić information content (AvgIpc) is 3.16. The highest BCUT2D eigenvalue weighted by Crippen LogP contribution is 2.45. The molecule has 2 aromatic heterocycles. The third kappa shape index (κ3) is 4.07. The van der Waals surface area contributed by atoms with Gasteiger partial charge in [0.1, 0.15) is 11.4 Å². The van der Waals surface area contributed by atoms with Crippen molar-refractivity contribution in [2.75, 3.05) is 20.2 Å². The second-order valence-corrected chi connectivity index (χ2v) is 16.2. The molecule has 2 aromatic rings. The van der Waals surface area contributed by atoms with Crippen molar-refractivity contribution in [1.29, 1.82) is 0 Å². The molecule has 0 saturated carbocycles. The third-order valence-electron chi connectivity index (χ3n) is 7.90. The van der Waals surface area contributed by atoms with Gasteiger partial charge in [-0.15, -0.1) is 0 Å². The summed E-state index contributed by atoms with van der Waals surface area (Å²) in [6, 6.07) is 2.01. The molecule has 1 aliphatic rings. The van der Waals surface area contributed by atoms with Gasteiger partial charge in [-0.1, -0.05) is 48.5 Å². The number of Topliss-reactive ketones (excluding diaryl/α,β-unsaturated/α-hetero) is 1. The number of amides is 1. The fraction of sp³-hybridized carbons (Fsp3) is 0.640. The lowest BCUT2D eigenvalue weighted by atomic mass is 9.81. The number of hydrogen-bond donors (Lipinski definition) is 1. The molecule has 0 aliphatic carbocycles. The minimum Gasteiger partial charge on any atom is -0.494 e. The van der Waals surface area contributed by atoms with Crippen LogP contribution in [0.25, 0.3) is 11.0 Å². The van der Waals surface area contributed by atoms with Gasteiger partial charge in [0, 0.05) is 24.4 Å². The SMILES string of the molecule is COc1cnc2c(ccn2[Si](C(C)C)(C(C)C)C(C)C)c1C(=O)[C@H]1CN(C(=O)O)CC[C@H]1C. The zero-order chi connectivity index (χ0) is 24.7. The molecule has 0 aromatic carbocycles. The number of likely N-dealkylation sites (tertiary alicyclic amines) is 1. The minimum atomic E-state index is -2.06. The summed E-state index contributed by atoms with van der Waals surface area (Å²) in [4.78, 5) is 31.6. The fourth-order valence-electron chi connectivity index (χ4n) is 6.39. The molecule has 1 aliphatic heterocycles. The molecular formula is C25H39N3O4Si. The highest BCUT2D eigenvalue weighted by molar-refractivity contribution is 6.82. The molecule has 3 heterocycles. The molecule has 8 heteroatoms. The van der Waals surface area contributed by atoms with Crippen LogP contribution in [0.5, 0.6) is 5.75 Å². The lowest BCUT2D eigenvalue weighted by Crippen LogP contribution is -2.51. The highest BCUT2D eigenvalue weighted by atomic mass is 28.3. The molecule has 0 unspecified atom stereocenters. The minimum absolute atomic E-state index is 0.0543. The Kier molecular flexibility index (Phi) is 7.26. The zero-order valence-electron chi connectivity index (χ0n) is 21.3. The van der Waals surface area contributed by atoms with Crippen molar-refractivity contribution >= 4 is 31.1 Å². The maximum absolute atomic E-state index is 13.9. The number of ketones is 1. The van der Waals surface area contributed by atoms with Crippen LogP contribution in [0.2, 0.25) is 16.6 Å². The first-order valence-corrected chi connectivity index (χ1v) is 14.2. The molecule has 182 valence electrons. The summed E-state index contributed by atoms with van der Waals surface area (Å²) in [7, 11) is -0.509. The summed E-state index contributed by atoms with van der Waals surface area (Å²) in [5.41, 5.74) is 2.82. The van der Waals surface area contributed by atoms with Crippen LogP contribution in [-0.2, 0) is 0 Å². The maximum atomic E-state index is 13.9. The smallest absolute Gasteiger partial charge is 0.407 e. The number of rotatable bonds is 7. The Morgan fingerprint density at radius 3 is 2.27 bits per heavy atom. The second-order valence-electron chi connectivity index (χ2n) is 10.4. The molecule has 1 saturated heterocycles. The Balaban J connectivity index is 2.20. The fourth-order valence-corrected chi connectivity index (χ4v) is 12.9. The van der Waals surface area contributed by atoms with E-state index >= 15 is 0 Å². The zero-order valence-corrected chi connectivity index (χ0v) is 22.3. The van der Waals surface area contributed by atoms with Crippen LogP contribution >= 0.6 is 0 Å². The molecule has 2 atom stereocenters. The molecule has 33 heavy (non-hydrogen) atoms. The molecule has 0 spiro atoms. The van der Waals surface area contributed by atoms with Crippen LogP contribution in [0.15, 0.2) is 18.5 Å². The largest absolute Gasteiger partial charge is 0.494 e. The van der Waals surface area contributed by atoms with Crippen LogP contribution < -0.4 is 4.74 Å². The summed E-state index contributed by atoms with van der Waals surface area (Å²) in [5, 5.41) is 10.3. The molecule has 1 N–H and O–H groups in total. The van der Waals surface area contributed by atoms with Crippen LogP contribution in [0.3, 0.4) is 0 Å². The molecule has 7 nitrogen and oxygen atoms in total. The van der Waals surface area contributed by atoms with Gasteiger partial charge in [-0.3, -0.25) is 4.79 Å². The lowest BCUT2D eigenvalue weighted by molar-refractivity contribution is 0.0705. The molecule has 1 amide bonds. The van der Waals surface area contributed by atoms with Crippen molar-refractivity contribution in [2.45, 2.75) is 71.5 Å². The lowest BCUT2D eigenvalue weighted by Gasteiger charge is -2.44. The summed E-state index contributed by atoms with van der Waals surface area (Å²) in [6.07, 6.45) is 3.48. The van der Waals surface area contributed by atoms with Crippen LogP contribution in [0.1, 0.15) is 65.2 Å². The van der Waals surface area contributed by atoms with Gasteiger partial charge in [0.05, 0.1) is 18.9 Å². The van der Waals surface area contributed by atoms with Gasteiger partial charge in [-0.25, -0.2) is 9.78 Å². The van der Waals surface area contributed by atoms with Gasteiger partial charge < -0.3 is 19.0 Å². The first-order valence-electron chi connectivity index (χ1n) is 12.0. The Morgan fingerprint density at radius 2 is 1.76 bits per heavy atom. The number of ether oxygens (including phenoxy) is 1. The normalized spacial score (nSPS) is 19.7. The van der Waals surface area contributed by atoms with Crippen LogP contribution in [-0.4, -0.2) is 59.5 Å². The number of piperidine rings is 1. The quantitative estimate of drug-likeness (QED) is 0.400. The van der Waals surface area contributed by atoms with E-state index in [1.54, 1.807) is 13.3 Å². The highest BCUT2D eigenvalue weighted by Gasteiger charge is 2.46. The first kappa shape index (κ1) is 25.3. The monoisotopic (exact) mass is 473 g/mol. The molecule has 0 radical (unpaired) electrons. The summed E-state index contributed by atoms with van der Waals surface area (Å²) < 4.78 is 8.00. The van der Waals surface area contributed by atoms with E-state index in [-0.39, 0.29) is 18.2 Å². The van der Waals surface area contributed by atoms with Crippen molar-refractivity contribution in [3.05, 3.63) is 24.0 Å². The first-order chi connectivity index (χ1) is 15.5. The van der Waals surface area contributed by atoms with Gasteiger partial charge in [0.25, 0.3) is 0 Å². The standard InChI is InChI=1S/C25H39N3O4Si/c1-15(2)33(16(3)4,17(5)6)28-12-10-19-22(21(32-8)13-26-24(19)28)23(29)20-14-27(25(30)31)11-9-18(20)7/h10,12-13,15-18,20H,9,11,14H2,1-8H3,(H,30,31)/t18-,20+/m1/s1. The Hall–Kier alpha value is -2.35. The van der Waals surface area contributed by atoms with E-state index in [4.69, 9.17) is 9.72 Å². The van der Waals surface area contributed by atoms with Gasteiger partial charge >= 0.3 is 6.09 Å². The molecule has 0 bridgehead atoms. The van der Waals surface area contributed by atoms with E-state index in [1.807, 2.05) is 13.0 Å². The maximum Gasteiger partial charge on any atom is 0.407 e. The number of methoxy groups -OCH3 is 1. The second kappa shape index (κ2) is 9.48. The van der Waals surface area contributed by atoms with Gasteiger partial charge in [0.2, 0.25) is 0 Å². The number of pyridine rings is 1.